The van der Waals surface area contributed by atoms with Gasteiger partial charge in [0.25, 0.3) is 0 Å². The summed E-state index contributed by atoms with van der Waals surface area (Å²) < 4.78 is 1.52. The lowest BCUT2D eigenvalue weighted by atomic mass is 10.2. The van der Waals surface area contributed by atoms with Crippen LogP contribution in [0.15, 0.2) is 31.0 Å². The summed E-state index contributed by atoms with van der Waals surface area (Å²) in [6, 6.07) is 3.45. The first-order valence-corrected chi connectivity index (χ1v) is 6.32. The third-order valence-electron chi connectivity index (χ3n) is 2.95. The molecule has 1 atom stereocenters. The third kappa shape index (κ3) is 3.31. The molecule has 0 aromatic carbocycles. The Morgan fingerprint density at radius 3 is 2.95 bits per heavy atom. The molecule has 0 aliphatic carbocycles. The summed E-state index contributed by atoms with van der Waals surface area (Å²) in [4.78, 5) is 22.0. The summed E-state index contributed by atoms with van der Waals surface area (Å²) in [7, 11) is 3.86. The van der Waals surface area contributed by atoms with Gasteiger partial charge in [-0.3, -0.25) is 4.79 Å². The lowest BCUT2D eigenvalue weighted by Crippen LogP contribution is -2.30. The molecule has 2 heterocycles. The van der Waals surface area contributed by atoms with Crippen molar-refractivity contribution in [2.24, 2.45) is 0 Å². The van der Waals surface area contributed by atoms with E-state index in [2.05, 4.69) is 20.4 Å². The summed E-state index contributed by atoms with van der Waals surface area (Å²) >= 11 is 0. The van der Waals surface area contributed by atoms with Crippen molar-refractivity contribution in [3.63, 3.8) is 0 Å². The Hall–Kier alpha value is -2.44. The number of pyridine rings is 1. The van der Waals surface area contributed by atoms with E-state index in [9.17, 15) is 4.79 Å². The van der Waals surface area contributed by atoms with Gasteiger partial charge in [0.15, 0.2) is 0 Å². The van der Waals surface area contributed by atoms with Gasteiger partial charge in [-0.05, 0) is 24.6 Å². The fourth-order valence-electron chi connectivity index (χ4n) is 1.69. The van der Waals surface area contributed by atoms with Crippen molar-refractivity contribution < 1.29 is 4.79 Å². The maximum absolute atomic E-state index is 12.0. The average Bonchev–Trinajstić information content (AvgIpc) is 2.98. The number of anilines is 1. The standard InChI is InChI=1S/C13H18N6O/c1-10(19-9-14-8-17-19)13(20)16-7-11-4-5-15-12(6-11)18(2)3/h4-6,8-10H,7H2,1-3H3,(H,16,20)/t10-/m1/s1. The number of hydrogen-bond donors (Lipinski definition) is 1. The van der Waals surface area contributed by atoms with Crippen molar-refractivity contribution in [3.05, 3.63) is 36.5 Å². The van der Waals surface area contributed by atoms with Gasteiger partial charge in [0.2, 0.25) is 5.91 Å². The second-order valence-corrected chi connectivity index (χ2v) is 4.69. The molecule has 0 aliphatic rings. The van der Waals surface area contributed by atoms with Gasteiger partial charge in [-0.25, -0.2) is 14.6 Å². The lowest BCUT2D eigenvalue weighted by Gasteiger charge is -2.14. The molecule has 0 radical (unpaired) electrons. The Bertz CT molecular complexity index is 566. The van der Waals surface area contributed by atoms with Crippen LogP contribution < -0.4 is 10.2 Å². The zero-order chi connectivity index (χ0) is 14.5. The Morgan fingerprint density at radius 2 is 2.30 bits per heavy atom. The maximum Gasteiger partial charge on any atom is 0.244 e. The summed E-state index contributed by atoms with van der Waals surface area (Å²) in [5.41, 5.74) is 1.00. The first kappa shape index (κ1) is 14.0. The van der Waals surface area contributed by atoms with Crippen molar-refractivity contribution >= 4 is 11.7 Å². The fourth-order valence-corrected chi connectivity index (χ4v) is 1.69. The van der Waals surface area contributed by atoms with Crippen LogP contribution in [0.25, 0.3) is 0 Å². The predicted octanol–water partition coefficient (Wildman–Crippen LogP) is 0.616. The van der Waals surface area contributed by atoms with Crippen LogP contribution in [0.2, 0.25) is 0 Å². The Morgan fingerprint density at radius 1 is 1.50 bits per heavy atom. The number of nitrogens with one attached hydrogen (secondary N) is 1. The molecule has 1 N–H and O–H groups in total. The molecule has 20 heavy (non-hydrogen) atoms. The Balaban J connectivity index is 1.95. The number of rotatable bonds is 5. The van der Waals surface area contributed by atoms with Crippen LogP contribution in [0.1, 0.15) is 18.5 Å². The highest BCUT2D eigenvalue weighted by molar-refractivity contribution is 5.79. The number of aromatic nitrogens is 4. The van der Waals surface area contributed by atoms with E-state index in [1.165, 1.54) is 17.3 Å². The van der Waals surface area contributed by atoms with Crippen molar-refractivity contribution in [2.75, 3.05) is 19.0 Å². The lowest BCUT2D eigenvalue weighted by molar-refractivity contribution is -0.124. The van der Waals surface area contributed by atoms with Crippen LogP contribution in [0.3, 0.4) is 0 Å². The molecular weight excluding hydrogens is 256 g/mol. The summed E-state index contributed by atoms with van der Waals surface area (Å²) in [6.45, 7) is 2.24. The molecule has 106 valence electrons. The molecule has 2 aromatic rings. The smallest absolute Gasteiger partial charge is 0.244 e. The van der Waals surface area contributed by atoms with Gasteiger partial charge in [-0.15, -0.1) is 0 Å². The average molecular weight is 274 g/mol. The van der Waals surface area contributed by atoms with Gasteiger partial charge in [0, 0.05) is 26.8 Å². The number of carbonyl (C=O) groups excluding carboxylic acids is 1. The van der Waals surface area contributed by atoms with E-state index in [0.29, 0.717) is 6.54 Å². The zero-order valence-electron chi connectivity index (χ0n) is 11.8. The van der Waals surface area contributed by atoms with Crippen LogP contribution in [0.5, 0.6) is 0 Å². The fraction of sp³-hybridized carbons (Fsp3) is 0.385. The van der Waals surface area contributed by atoms with Crippen molar-refractivity contribution in [2.45, 2.75) is 19.5 Å². The van der Waals surface area contributed by atoms with Gasteiger partial charge in [-0.1, -0.05) is 0 Å². The number of hydrogen-bond acceptors (Lipinski definition) is 5. The molecule has 7 heteroatoms. The van der Waals surface area contributed by atoms with E-state index < -0.39 is 0 Å². The minimum Gasteiger partial charge on any atom is -0.363 e. The minimum absolute atomic E-state index is 0.0984. The highest BCUT2D eigenvalue weighted by Crippen LogP contribution is 2.10. The summed E-state index contributed by atoms with van der Waals surface area (Å²) in [6.07, 6.45) is 4.68. The maximum atomic E-state index is 12.0. The first-order valence-electron chi connectivity index (χ1n) is 6.32. The highest BCUT2D eigenvalue weighted by atomic mass is 16.2. The van der Waals surface area contributed by atoms with E-state index >= 15 is 0 Å². The zero-order valence-corrected chi connectivity index (χ0v) is 11.8. The van der Waals surface area contributed by atoms with E-state index in [1.807, 2.05) is 31.1 Å². The molecule has 0 saturated carbocycles. The molecule has 0 spiro atoms. The van der Waals surface area contributed by atoms with Gasteiger partial charge in [-0.2, -0.15) is 5.10 Å². The molecular formula is C13H18N6O. The van der Waals surface area contributed by atoms with Crippen LogP contribution in [-0.4, -0.2) is 39.8 Å². The second kappa shape index (κ2) is 6.14. The predicted molar refractivity (Wildman–Crippen MR) is 75.1 cm³/mol. The number of carbonyl (C=O) groups is 1. The van der Waals surface area contributed by atoms with Crippen molar-refractivity contribution in [1.29, 1.82) is 0 Å². The number of amides is 1. The van der Waals surface area contributed by atoms with E-state index in [1.54, 1.807) is 13.1 Å². The highest BCUT2D eigenvalue weighted by Gasteiger charge is 2.14. The summed E-state index contributed by atoms with van der Waals surface area (Å²) in [5, 5.41) is 6.84. The van der Waals surface area contributed by atoms with Crippen molar-refractivity contribution in [3.8, 4) is 0 Å². The molecule has 0 saturated heterocycles. The largest absolute Gasteiger partial charge is 0.363 e. The molecule has 1 amide bonds. The molecule has 2 rings (SSSR count). The monoisotopic (exact) mass is 274 g/mol. The van der Waals surface area contributed by atoms with Crippen molar-refractivity contribution in [1.82, 2.24) is 25.1 Å². The molecule has 7 nitrogen and oxygen atoms in total. The number of nitrogens with zero attached hydrogens (tertiary/aromatic N) is 5. The van der Waals surface area contributed by atoms with Crippen LogP contribution in [-0.2, 0) is 11.3 Å². The minimum atomic E-state index is -0.382. The molecule has 0 unspecified atom stereocenters. The molecule has 2 aromatic heterocycles. The van der Waals surface area contributed by atoms with Gasteiger partial charge < -0.3 is 10.2 Å². The van der Waals surface area contributed by atoms with E-state index in [0.717, 1.165) is 11.4 Å². The van der Waals surface area contributed by atoms with Crippen LogP contribution in [0, 0.1) is 0 Å². The molecule has 0 aliphatic heterocycles. The first-order chi connectivity index (χ1) is 9.58. The SMILES string of the molecule is C[C@H](C(=O)NCc1ccnc(N(C)C)c1)n1cncn1. The Kier molecular flexibility index (Phi) is 4.29. The topological polar surface area (TPSA) is 75.9 Å². The van der Waals surface area contributed by atoms with E-state index in [-0.39, 0.29) is 11.9 Å². The molecule has 0 fully saturated rings. The van der Waals surface area contributed by atoms with E-state index in [4.69, 9.17) is 0 Å². The quantitative estimate of drug-likeness (QED) is 0.865. The van der Waals surface area contributed by atoms with Gasteiger partial charge in [0.05, 0.1) is 0 Å². The van der Waals surface area contributed by atoms with Crippen LogP contribution >= 0.6 is 0 Å². The normalized spacial score (nSPS) is 11.9. The van der Waals surface area contributed by atoms with Gasteiger partial charge in [0.1, 0.15) is 24.5 Å². The third-order valence-corrected chi connectivity index (χ3v) is 2.95. The molecule has 0 bridgehead atoms. The Labute approximate surface area is 117 Å². The van der Waals surface area contributed by atoms with Crippen LogP contribution in [0.4, 0.5) is 5.82 Å². The van der Waals surface area contributed by atoms with Gasteiger partial charge >= 0.3 is 0 Å². The summed E-state index contributed by atoms with van der Waals surface area (Å²) in [5.74, 6) is 0.764. The second-order valence-electron chi connectivity index (χ2n) is 4.69.